The Balaban J connectivity index is 1.68. The number of fused-ring (bicyclic) bond motifs is 1. The van der Waals surface area contributed by atoms with Gasteiger partial charge in [-0.2, -0.15) is 0 Å². The van der Waals surface area contributed by atoms with Crippen molar-refractivity contribution in [2.24, 2.45) is 0 Å². The molecule has 0 spiro atoms. The Morgan fingerprint density at radius 1 is 1.17 bits per heavy atom. The lowest BCUT2D eigenvalue weighted by atomic mass is 9.95. The van der Waals surface area contributed by atoms with Gasteiger partial charge in [-0.3, -0.25) is 4.79 Å². The lowest BCUT2D eigenvalue weighted by Crippen LogP contribution is -2.22. The maximum Gasteiger partial charge on any atom is 0.341 e. The molecule has 10 heteroatoms. The third kappa shape index (κ3) is 5.07. The molecular formula is C19H18Cl2N2O5S. The number of esters is 2. The Labute approximate surface area is 181 Å². The molecule has 1 N–H and O–H groups in total. The van der Waals surface area contributed by atoms with Crippen LogP contribution in [0.15, 0.2) is 12.3 Å². The van der Waals surface area contributed by atoms with E-state index in [9.17, 15) is 14.4 Å². The number of thiophene rings is 1. The average molecular weight is 457 g/mol. The van der Waals surface area contributed by atoms with E-state index in [0.29, 0.717) is 10.6 Å². The minimum Gasteiger partial charge on any atom is -0.462 e. The van der Waals surface area contributed by atoms with E-state index < -0.39 is 24.5 Å². The molecule has 0 aliphatic heterocycles. The number of rotatable bonds is 6. The molecule has 1 aliphatic rings. The molecule has 29 heavy (non-hydrogen) atoms. The normalized spacial score (nSPS) is 12.8. The summed E-state index contributed by atoms with van der Waals surface area (Å²) in [5, 5.41) is 3.27. The van der Waals surface area contributed by atoms with E-state index >= 15 is 0 Å². The van der Waals surface area contributed by atoms with Crippen molar-refractivity contribution in [3.05, 3.63) is 44.0 Å². The molecule has 0 radical (unpaired) electrons. The molecule has 1 amide bonds. The van der Waals surface area contributed by atoms with Crippen molar-refractivity contribution in [1.29, 1.82) is 0 Å². The van der Waals surface area contributed by atoms with Crippen molar-refractivity contribution >= 4 is 57.4 Å². The van der Waals surface area contributed by atoms with Crippen LogP contribution in [0, 0.1) is 0 Å². The molecule has 154 valence electrons. The summed E-state index contributed by atoms with van der Waals surface area (Å²) >= 11 is 12.9. The molecule has 2 heterocycles. The largest absolute Gasteiger partial charge is 0.462 e. The third-order valence-corrected chi connectivity index (χ3v) is 6.16. The second-order valence-corrected chi connectivity index (χ2v) is 8.13. The molecule has 1 aliphatic carbocycles. The van der Waals surface area contributed by atoms with Crippen molar-refractivity contribution in [2.45, 2.75) is 32.6 Å². The molecule has 0 bridgehead atoms. The highest BCUT2D eigenvalue weighted by Gasteiger charge is 2.27. The van der Waals surface area contributed by atoms with E-state index in [1.54, 1.807) is 6.92 Å². The maximum atomic E-state index is 12.4. The summed E-state index contributed by atoms with van der Waals surface area (Å²) in [5.41, 5.74) is 1.42. The van der Waals surface area contributed by atoms with Crippen LogP contribution < -0.4 is 5.32 Å². The predicted octanol–water partition coefficient (Wildman–Crippen LogP) is 4.30. The molecule has 2 aromatic rings. The summed E-state index contributed by atoms with van der Waals surface area (Å²) in [4.78, 5) is 41.6. The number of aryl methyl sites for hydroxylation is 1. The van der Waals surface area contributed by atoms with Gasteiger partial charge in [0.05, 0.1) is 22.8 Å². The number of carbonyl (C=O) groups excluding carboxylic acids is 3. The van der Waals surface area contributed by atoms with Gasteiger partial charge in [0.25, 0.3) is 5.91 Å². The minimum atomic E-state index is -0.762. The Kier molecular flexibility index (Phi) is 7.10. The van der Waals surface area contributed by atoms with Crippen LogP contribution in [0.4, 0.5) is 5.00 Å². The van der Waals surface area contributed by atoms with Gasteiger partial charge < -0.3 is 14.8 Å². The predicted molar refractivity (Wildman–Crippen MR) is 110 cm³/mol. The van der Waals surface area contributed by atoms with Gasteiger partial charge >= 0.3 is 11.9 Å². The van der Waals surface area contributed by atoms with Gasteiger partial charge in [0, 0.05) is 11.1 Å². The van der Waals surface area contributed by atoms with Crippen LogP contribution in [-0.2, 0) is 27.1 Å². The number of ether oxygens (including phenoxy) is 2. The zero-order valence-electron chi connectivity index (χ0n) is 15.5. The summed E-state index contributed by atoms with van der Waals surface area (Å²) in [6.07, 6.45) is 4.87. The molecule has 0 aromatic carbocycles. The number of hydrogen-bond donors (Lipinski definition) is 1. The van der Waals surface area contributed by atoms with E-state index in [4.69, 9.17) is 32.7 Å². The fourth-order valence-corrected chi connectivity index (χ4v) is 4.55. The standard InChI is InChI=1S/C19H18Cl2N2O5S/c1-2-27-19(26)15-11-5-3-4-6-13(11)29-17(15)23-14(24)9-28-18(25)10-7-12(20)16(21)22-8-10/h7-8H,2-6,9H2,1H3,(H,23,24). The summed E-state index contributed by atoms with van der Waals surface area (Å²) in [6, 6.07) is 1.31. The first-order valence-corrected chi connectivity index (χ1v) is 10.6. The van der Waals surface area contributed by atoms with E-state index in [0.717, 1.165) is 36.1 Å². The Morgan fingerprint density at radius 3 is 2.66 bits per heavy atom. The van der Waals surface area contributed by atoms with Gasteiger partial charge in [-0.15, -0.1) is 11.3 Å². The SMILES string of the molecule is CCOC(=O)c1c(NC(=O)COC(=O)c2cnc(Cl)c(Cl)c2)sc2c1CCCC2. The van der Waals surface area contributed by atoms with E-state index in [1.807, 2.05) is 0 Å². The Hall–Kier alpha value is -2.16. The molecule has 3 rings (SSSR count). The van der Waals surface area contributed by atoms with Crippen LogP contribution in [0.2, 0.25) is 10.2 Å². The van der Waals surface area contributed by atoms with E-state index in [-0.39, 0.29) is 22.3 Å². The number of amides is 1. The van der Waals surface area contributed by atoms with Crippen LogP contribution in [0.1, 0.15) is 50.9 Å². The van der Waals surface area contributed by atoms with E-state index in [2.05, 4.69) is 10.3 Å². The number of anilines is 1. The number of hydrogen-bond acceptors (Lipinski definition) is 7. The van der Waals surface area contributed by atoms with Gasteiger partial charge in [0.2, 0.25) is 0 Å². The van der Waals surface area contributed by atoms with Crippen LogP contribution in [-0.4, -0.2) is 36.0 Å². The van der Waals surface area contributed by atoms with Crippen molar-refractivity contribution in [1.82, 2.24) is 4.98 Å². The van der Waals surface area contributed by atoms with E-state index in [1.165, 1.54) is 23.6 Å². The zero-order valence-corrected chi connectivity index (χ0v) is 17.9. The topological polar surface area (TPSA) is 94.6 Å². The Morgan fingerprint density at radius 2 is 1.93 bits per heavy atom. The maximum absolute atomic E-state index is 12.4. The zero-order chi connectivity index (χ0) is 21.0. The molecular weight excluding hydrogens is 439 g/mol. The van der Waals surface area contributed by atoms with Crippen LogP contribution >= 0.6 is 34.5 Å². The highest BCUT2D eigenvalue weighted by Crippen LogP contribution is 2.38. The second kappa shape index (κ2) is 9.56. The number of pyridine rings is 1. The fourth-order valence-electron chi connectivity index (χ4n) is 2.98. The smallest absolute Gasteiger partial charge is 0.341 e. The summed E-state index contributed by atoms with van der Waals surface area (Å²) in [6.45, 7) is 1.45. The van der Waals surface area contributed by atoms with Crippen molar-refractivity contribution < 1.29 is 23.9 Å². The van der Waals surface area contributed by atoms with Crippen LogP contribution in [0.3, 0.4) is 0 Å². The number of carbonyl (C=O) groups is 3. The lowest BCUT2D eigenvalue weighted by molar-refractivity contribution is -0.119. The van der Waals surface area contributed by atoms with Gasteiger partial charge in [-0.05, 0) is 44.2 Å². The quantitative estimate of drug-likeness (QED) is 0.514. The molecule has 0 fully saturated rings. The summed E-state index contributed by atoms with van der Waals surface area (Å²) < 4.78 is 10.2. The first kappa shape index (κ1) is 21.5. The number of halogens is 2. The molecule has 0 saturated heterocycles. The molecule has 0 unspecified atom stereocenters. The fraction of sp³-hybridized carbons (Fsp3) is 0.368. The third-order valence-electron chi connectivity index (χ3n) is 4.27. The Bertz CT molecular complexity index is 960. The lowest BCUT2D eigenvalue weighted by Gasteiger charge is -2.12. The van der Waals surface area contributed by atoms with Crippen LogP contribution in [0.25, 0.3) is 0 Å². The first-order chi connectivity index (χ1) is 13.9. The molecule has 0 saturated carbocycles. The molecule has 0 atom stereocenters. The van der Waals surface area contributed by atoms with Gasteiger partial charge in [0.15, 0.2) is 6.61 Å². The van der Waals surface area contributed by atoms with Crippen molar-refractivity contribution in [2.75, 3.05) is 18.5 Å². The van der Waals surface area contributed by atoms with Crippen LogP contribution in [0.5, 0.6) is 0 Å². The van der Waals surface area contributed by atoms with Crippen molar-refractivity contribution in [3.8, 4) is 0 Å². The first-order valence-electron chi connectivity index (χ1n) is 9.00. The number of aromatic nitrogens is 1. The monoisotopic (exact) mass is 456 g/mol. The summed E-state index contributed by atoms with van der Waals surface area (Å²) in [5.74, 6) is -1.78. The highest BCUT2D eigenvalue weighted by molar-refractivity contribution is 7.17. The van der Waals surface area contributed by atoms with Gasteiger partial charge in [-0.1, -0.05) is 23.2 Å². The molecule has 7 nitrogen and oxygen atoms in total. The highest BCUT2D eigenvalue weighted by atomic mass is 35.5. The number of nitrogens with zero attached hydrogens (tertiary/aromatic N) is 1. The molecule has 2 aromatic heterocycles. The number of nitrogens with one attached hydrogen (secondary N) is 1. The second-order valence-electron chi connectivity index (χ2n) is 6.26. The van der Waals surface area contributed by atoms with Gasteiger partial charge in [-0.25, -0.2) is 14.6 Å². The van der Waals surface area contributed by atoms with Crippen molar-refractivity contribution in [3.63, 3.8) is 0 Å². The minimum absolute atomic E-state index is 0.0640. The van der Waals surface area contributed by atoms with Gasteiger partial charge in [0.1, 0.15) is 10.2 Å². The summed E-state index contributed by atoms with van der Waals surface area (Å²) in [7, 11) is 0. The average Bonchev–Trinajstić information content (AvgIpc) is 3.06.